The topological polar surface area (TPSA) is 70.1 Å². The summed E-state index contributed by atoms with van der Waals surface area (Å²) in [6, 6.07) is 18.4. The number of ketones is 1. The predicted octanol–water partition coefficient (Wildman–Crippen LogP) is 5.69. The number of Topliss-reactive ketones (excluding diaryl/α,β-unsaturated/α-hetero) is 1. The van der Waals surface area contributed by atoms with E-state index in [1.165, 1.54) is 24.1 Å². The summed E-state index contributed by atoms with van der Waals surface area (Å²) in [6.07, 6.45) is 0. The van der Waals surface area contributed by atoms with Crippen LogP contribution >= 0.6 is 23.2 Å². The number of benzene rings is 3. The highest BCUT2D eigenvalue weighted by molar-refractivity contribution is 6.51. The van der Waals surface area contributed by atoms with E-state index in [0.717, 1.165) is 5.69 Å². The van der Waals surface area contributed by atoms with E-state index in [0.29, 0.717) is 11.3 Å². The zero-order chi connectivity index (χ0) is 24.6. The number of anilines is 2. The van der Waals surface area contributed by atoms with Crippen LogP contribution in [0.25, 0.3) is 5.76 Å². The van der Waals surface area contributed by atoms with Crippen LogP contribution in [-0.2, 0) is 9.59 Å². The van der Waals surface area contributed by atoms with Gasteiger partial charge in [-0.15, -0.1) is 0 Å². The first-order valence-corrected chi connectivity index (χ1v) is 11.2. The van der Waals surface area contributed by atoms with Gasteiger partial charge in [0, 0.05) is 31.0 Å². The average Bonchev–Trinajstić information content (AvgIpc) is 3.09. The molecule has 4 rings (SSSR count). The number of hydrogen-bond acceptors (Lipinski definition) is 5. The van der Waals surface area contributed by atoms with Crippen LogP contribution in [-0.4, -0.2) is 38.0 Å². The van der Waals surface area contributed by atoms with E-state index < -0.39 is 17.7 Å². The minimum atomic E-state index is -0.842. The predicted molar refractivity (Wildman–Crippen MR) is 135 cm³/mol. The number of carbonyl (C=O) groups excluding carboxylic acids is 2. The Morgan fingerprint density at radius 3 is 2.09 bits per heavy atom. The molecule has 0 radical (unpaired) electrons. The molecule has 174 valence electrons. The van der Waals surface area contributed by atoms with Crippen molar-refractivity contribution in [2.24, 2.45) is 0 Å². The van der Waals surface area contributed by atoms with Crippen molar-refractivity contribution in [1.82, 2.24) is 0 Å². The second kappa shape index (κ2) is 9.41. The Kier molecular flexibility index (Phi) is 6.55. The van der Waals surface area contributed by atoms with Crippen LogP contribution < -0.4 is 14.5 Å². The number of carbonyl (C=O) groups is 2. The fourth-order valence-electron chi connectivity index (χ4n) is 4.01. The Morgan fingerprint density at radius 1 is 0.971 bits per heavy atom. The maximum Gasteiger partial charge on any atom is 0.300 e. The number of aliphatic hydroxyl groups excluding tert-OH is 1. The Labute approximate surface area is 207 Å². The van der Waals surface area contributed by atoms with E-state index in [4.69, 9.17) is 27.9 Å². The van der Waals surface area contributed by atoms with Gasteiger partial charge in [0.15, 0.2) is 5.75 Å². The summed E-state index contributed by atoms with van der Waals surface area (Å²) in [4.78, 5) is 29.8. The molecule has 3 aromatic rings. The van der Waals surface area contributed by atoms with E-state index in [1.54, 1.807) is 24.3 Å². The summed E-state index contributed by atoms with van der Waals surface area (Å²) in [5.74, 6) is -1.66. The quantitative estimate of drug-likeness (QED) is 0.279. The average molecular weight is 497 g/mol. The lowest BCUT2D eigenvalue weighted by Gasteiger charge is -2.26. The lowest BCUT2D eigenvalue weighted by Crippen LogP contribution is -2.29. The van der Waals surface area contributed by atoms with Crippen molar-refractivity contribution < 1.29 is 19.4 Å². The molecule has 0 aromatic heterocycles. The van der Waals surface area contributed by atoms with Gasteiger partial charge in [0.25, 0.3) is 11.7 Å². The third-order valence-electron chi connectivity index (χ3n) is 5.68. The molecule has 1 N–H and O–H groups in total. The number of aliphatic hydroxyl groups is 1. The smallest absolute Gasteiger partial charge is 0.300 e. The molecule has 1 atom stereocenters. The first-order valence-electron chi connectivity index (χ1n) is 10.4. The zero-order valence-corrected chi connectivity index (χ0v) is 20.3. The van der Waals surface area contributed by atoms with Gasteiger partial charge >= 0.3 is 0 Å². The van der Waals surface area contributed by atoms with Crippen LogP contribution in [0.2, 0.25) is 10.0 Å². The van der Waals surface area contributed by atoms with E-state index in [-0.39, 0.29) is 32.7 Å². The third kappa shape index (κ3) is 4.11. The number of hydrogen-bond donors (Lipinski definition) is 1. The highest BCUT2D eigenvalue weighted by Gasteiger charge is 2.47. The van der Waals surface area contributed by atoms with Crippen LogP contribution in [0, 0.1) is 0 Å². The Hall–Kier alpha value is -3.48. The molecule has 0 saturated carbocycles. The van der Waals surface area contributed by atoms with Crippen LogP contribution in [0.5, 0.6) is 5.75 Å². The van der Waals surface area contributed by atoms with Gasteiger partial charge in [0.1, 0.15) is 5.76 Å². The molecule has 1 unspecified atom stereocenters. The van der Waals surface area contributed by atoms with Gasteiger partial charge in [-0.1, -0.05) is 53.5 Å². The molecule has 0 aliphatic carbocycles. The van der Waals surface area contributed by atoms with E-state index in [2.05, 4.69) is 0 Å². The Balaban J connectivity index is 1.91. The Morgan fingerprint density at radius 2 is 1.56 bits per heavy atom. The molecule has 1 aliphatic heterocycles. The molecule has 6 nitrogen and oxygen atoms in total. The summed E-state index contributed by atoms with van der Waals surface area (Å²) >= 11 is 12.5. The Bertz CT molecular complexity index is 1260. The van der Waals surface area contributed by atoms with Gasteiger partial charge < -0.3 is 14.7 Å². The van der Waals surface area contributed by atoms with Gasteiger partial charge in [-0.25, -0.2) is 0 Å². The van der Waals surface area contributed by atoms with Crippen LogP contribution in [0.1, 0.15) is 17.2 Å². The molecule has 1 aliphatic rings. The third-order valence-corrected chi connectivity index (χ3v) is 6.24. The van der Waals surface area contributed by atoms with Crippen LogP contribution in [0.15, 0.2) is 72.3 Å². The maximum atomic E-state index is 13.2. The highest BCUT2D eigenvalue weighted by atomic mass is 35.5. The van der Waals surface area contributed by atoms with E-state index in [1.807, 2.05) is 49.3 Å². The van der Waals surface area contributed by atoms with E-state index in [9.17, 15) is 14.7 Å². The number of amides is 1. The molecule has 1 saturated heterocycles. The monoisotopic (exact) mass is 496 g/mol. The molecule has 0 spiro atoms. The van der Waals surface area contributed by atoms with Crippen molar-refractivity contribution in [3.05, 3.63) is 93.5 Å². The molecule has 1 heterocycles. The number of ether oxygens (including phenoxy) is 1. The summed E-state index contributed by atoms with van der Waals surface area (Å²) in [6.45, 7) is 0. The second-order valence-corrected chi connectivity index (χ2v) is 8.78. The lowest BCUT2D eigenvalue weighted by atomic mass is 9.95. The lowest BCUT2D eigenvalue weighted by molar-refractivity contribution is -0.132. The fraction of sp³-hybridized carbons (Fsp3) is 0.154. The molecular weight excluding hydrogens is 475 g/mol. The molecule has 1 fully saturated rings. The van der Waals surface area contributed by atoms with Crippen LogP contribution in [0.4, 0.5) is 11.4 Å². The first kappa shape index (κ1) is 23.7. The van der Waals surface area contributed by atoms with Crippen molar-refractivity contribution in [3.63, 3.8) is 0 Å². The standard InChI is InChI=1S/C26H22Cl2N2O4/c1-29(2)17-9-11-18(12-10-17)30-22(15-7-5-4-6-8-15)21(24(32)26(30)33)23(31)16-13-19(27)25(34-3)20(28)14-16/h4-14,22,31H,1-3H3/b23-21+. The van der Waals surface area contributed by atoms with Crippen molar-refractivity contribution >= 4 is 52.0 Å². The molecule has 0 bridgehead atoms. The largest absolute Gasteiger partial charge is 0.507 e. The molecule has 3 aromatic carbocycles. The first-order chi connectivity index (χ1) is 16.2. The second-order valence-electron chi connectivity index (χ2n) is 7.96. The molecule has 8 heteroatoms. The normalized spacial score (nSPS) is 17.2. The van der Waals surface area contributed by atoms with Crippen LogP contribution in [0.3, 0.4) is 0 Å². The summed E-state index contributed by atoms with van der Waals surface area (Å²) in [5.41, 5.74) is 2.30. The number of halogens is 2. The van der Waals surface area contributed by atoms with Gasteiger partial charge in [-0.3, -0.25) is 14.5 Å². The van der Waals surface area contributed by atoms with Crippen molar-refractivity contribution in [2.75, 3.05) is 31.0 Å². The van der Waals surface area contributed by atoms with Gasteiger partial charge in [0.05, 0.1) is 28.8 Å². The summed E-state index contributed by atoms with van der Waals surface area (Å²) in [7, 11) is 5.25. The summed E-state index contributed by atoms with van der Waals surface area (Å²) < 4.78 is 5.17. The fourth-order valence-corrected chi connectivity index (χ4v) is 4.65. The molecular formula is C26H22Cl2N2O4. The summed E-state index contributed by atoms with van der Waals surface area (Å²) in [5, 5.41) is 11.6. The number of methoxy groups -OCH3 is 1. The number of nitrogens with zero attached hydrogens (tertiary/aromatic N) is 2. The minimum absolute atomic E-state index is 0.0508. The molecule has 34 heavy (non-hydrogen) atoms. The van der Waals surface area contributed by atoms with Gasteiger partial charge in [-0.2, -0.15) is 0 Å². The number of rotatable bonds is 5. The maximum absolute atomic E-state index is 13.2. The SMILES string of the molecule is COc1c(Cl)cc(/C(O)=C2\C(=O)C(=O)N(c3ccc(N(C)C)cc3)C2c2ccccc2)cc1Cl. The van der Waals surface area contributed by atoms with Crippen molar-refractivity contribution in [3.8, 4) is 5.75 Å². The van der Waals surface area contributed by atoms with E-state index >= 15 is 0 Å². The molecule has 1 amide bonds. The van der Waals surface area contributed by atoms with Gasteiger partial charge in [0.2, 0.25) is 0 Å². The highest BCUT2D eigenvalue weighted by Crippen LogP contribution is 2.44. The van der Waals surface area contributed by atoms with Crippen molar-refractivity contribution in [1.29, 1.82) is 0 Å². The minimum Gasteiger partial charge on any atom is -0.507 e. The zero-order valence-electron chi connectivity index (χ0n) is 18.8. The van der Waals surface area contributed by atoms with Crippen molar-refractivity contribution in [2.45, 2.75) is 6.04 Å². The van der Waals surface area contributed by atoms with Gasteiger partial charge in [-0.05, 0) is 42.0 Å².